The van der Waals surface area contributed by atoms with Crippen molar-refractivity contribution in [2.75, 3.05) is 6.54 Å². The molecule has 1 saturated heterocycles. The molecule has 1 atom stereocenters. The Morgan fingerprint density at radius 1 is 1.54 bits per heavy atom. The van der Waals surface area contributed by atoms with Crippen LogP contribution in [0.2, 0.25) is 0 Å². The molecule has 2 nitrogen and oxygen atoms in total. The maximum Gasteiger partial charge on any atom is 0.149 e. The van der Waals surface area contributed by atoms with Crippen LogP contribution in [0, 0.1) is 11.8 Å². The molecule has 76 valence electrons. The summed E-state index contributed by atoms with van der Waals surface area (Å²) in [4.78, 5) is 11.6. The molecule has 1 unspecified atom stereocenters. The van der Waals surface area contributed by atoms with Gasteiger partial charge in [-0.1, -0.05) is 13.8 Å². The van der Waals surface area contributed by atoms with Crippen LogP contribution in [0.1, 0.15) is 40.5 Å². The van der Waals surface area contributed by atoms with Gasteiger partial charge in [0.1, 0.15) is 5.78 Å². The first-order valence-electron chi connectivity index (χ1n) is 5.18. The van der Waals surface area contributed by atoms with Crippen LogP contribution in [0.25, 0.3) is 0 Å². The van der Waals surface area contributed by atoms with E-state index in [4.69, 9.17) is 0 Å². The van der Waals surface area contributed by atoms with Crippen molar-refractivity contribution in [2.45, 2.75) is 46.1 Å². The van der Waals surface area contributed by atoms with Gasteiger partial charge in [-0.05, 0) is 32.6 Å². The zero-order valence-electron chi connectivity index (χ0n) is 9.18. The molecule has 0 bridgehead atoms. The van der Waals surface area contributed by atoms with Gasteiger partial charge in [-0.3, -0.25) is 4.79 Å². The third-order valence-corrected chi connectivity index (χ3v) is 2.71. The molecule has 1 heterocycles. The summed E-state index contributed by atoms with van der Waals surface area (Å²) in [6.07, 6.45) is 2.04. The van der Waals surface area contributed by atoms with Gasteiger partial charge in [0.15, 0.2) is 0 Å². The molecule has 0 saturated carbocycles. The second-order valence-corrected chi connectivity index (χ2v) is 5.23. The Labute approximate surface area is 81.1 Å². The van der Waals surface area contributed by atoms with Crippen LogP contribution in [0.15, 0.2) is 0 Å². The summed E-state index contributed by atoms with van der Waals surface area (Å²) in [7, 11) is 0. The largest absolute Gasteiger partial charge is 0.305 e. The molecule has 0 radical (unpaired) electrons. The average Bonchev–Trinajstić information content (AvgIpc) is 1.95. The van der Waals surface area contributed by atoms with Crippen LogP contribution in [0.5, 0.6) is 0 Å². The summed E-state index contributed by atoms with van der Waals surface area (Å²) in [5.74, 6) is 1.31. The first kappa shape index (κ1) is 10.7. The topological polar surface area (TPSA) is 29.1 Å². The van der Waals surface area contributed by atoms with Crippen molar-refractivity contribution in [3.8, 4) is 0 Å². The van der Waals surface area contributed by atoms with Crippen molar-refractivity contribution in [2.24, 2.45) is 11.8 Å². The second kappa shape index (κ2) is 3.79. The molecule has 1 aliphatic heterocycles. The average molecular weight is 183 g/mol. The predicted octanol–water partition coefficient (Wildman–Crippen LogP) is 1.99. The van der Waals surface area contributed by atoms with E-state index < -0.39 is 0 Å². The van der Waals surface area contributed by atoms with E-state index in [1.54, 1.807) is 0 Å². The molecule has 2 heteroatoms. The summed E-state index contributed by atoms with van der Waals surface area (Å²) in [5.41, 5.74) is 0.146. The Kier molecular flexibility index (Phi) is 3.12. The molecule has 13 heavy (non-hydrogen) atoms. The summed E-state index contributed by atoms with van der Waals surface area (Å²) in [5, 5.41) is 3.26. The van der Waals surface area contributed by atoms with Crippen LogP contribution in [-0.2, 0) is 4.79 Å². The first-order chi connectivity index (χ1) is 5.91. The normalized spacial score (nSPS) is 28.1. The van der Waals surface area contributed by atoms with Crippen LogP contribution in [-0.4, -0.2) is 17.9 Å². The molecule has 0 aromatic rings. The quantitative estimate of drug-likeness (QED) is 0.709. The van der Waals surface area contributed by atoms with Crippen molar-refractivity contribution in [1.82, 2.24) is 5.32 Å². The molecule has 1 aliphatic rings. The minimum Gasteiger partial charge on any atom is -0.305 e. The Morgan fingerprint density at radius 2 is 2.15 bits per heavy atom. The molecular formula is C11H21NO. The monoisotopic (exact) mass is 183 g/mol. The Bertz CT molecular complexity index is 196. The molecule has 1 rings (SSSR count). The van der Waals surface area contributed by atoms with E-state index in [2.05, 4.69) is 33.0 Å². The van der Waals surface area contributed by atoms with E-state index in [1.807, 2.05) is 0 Å². The minimum atomic E-state index is 0.146. The summed E-state index contributed by atoms with van der Waals surface area (Å²) in [6, 6.07) is 0. The smallest absolute Gasteiger partial charge is 0.149 e. The lowest BCUT2D eigenvalue weighted by Gasteiger charge is -2.36. The van der Waals surface area contributed by atoms with Crippen molar-refractivity contribution < 1.29 is 4.79 Å². The molecular weight excluding hydrogens is 162 g/mol. The lowest BCUT2D eigenvalue weighted by molar-refractivity contribution is -0.125. The van der Waals surface area contributed by atoms with Crippen LogP contribution in [0.4, 0.5) is 0 Å². The van der Waals surface area contributed by atoms with Gasteiger partial charge in [-0.15, -0.1) is 0 Å². The molecule has 0 aromatic heterocycles. The highest BCUT2D eigenvalue weighted by molar-refractivity contribution is 5.84. The zero-order valence-corrected chi connectivity index (χ0v) is 9.18. The number of hydrogen-bond donors (Lipinski definition) is 1. The molecule has 0 aliphatic carbocycles. The second-order valence-electron chi connectivity index (χ2n) is 5.23. The standard InChI is InChI=1S/C11H21NO/c1-8(2)5-9-6-11(3,4)12-7-10(9)13/h8-9,12H,5-7H2,1-4H3. The van der Waals surface area contributed by atoms with Gasteiger partial charge in [0.05, 0.1) is 6.54 Å². The van der Waals surface area contributed by atoms with Gasteiger partial charge < -0.3 is 5.32 Å². The van der Waals surface area contributed by atoms with Gasteiger partial charge in [-0.2, -0.15) is 0 Å². The highest BCUT2D eigenvalue weighted by Gasteiger charge is 2.32. The third kappa shape index (κ3) is 3.11. The molecule has 0 aromatic carbocycles. The summed E-state index contributed by atoms with van der Waals surface area (Å²) in [6.45, 7) is 9.27. The number of carbonyl (C=O) groups excluding carboxylic acids is 1. The maximum atomic E-state index is 11.6. The SMILES string of the molecule is CC(C)CC1CC(C)(C)NCC1=O. The zero-order chi connectivity index (χ0) is 10.1. The summed E-state index contributed by atoms with van der Waals surface area (Å²) < 4.78 is 0. The van der Waals surface area contributed by atoms with E-state index in [1.165, 1.54) is 0 Å². The number of carbonyl (C=O) groups is 1. The maximum absolute atomic E-state index is 11.6. The van der Waals surface area contributed by atoms with Gasteiger partial charge in [0.2, 0.25) is 0 Å². The Morgan fingerprint density at radius 3 is 2.69 bits per heavy atom. The van der Waals surface area contributed by atoms with Crippen LogP contribution in [0.3, 0.4) is 0 Å². The van der Waals surface area contributed by atoms with Crippen molar-refractivity contribution >= 4 is 5.78 Å². The molecule has 0 amide bonds. The number of hydrogen-bond acceptors (Lipinski definition) is 2. The highest BCUT2D eigenvalue weighted by Crippen LogP contribution is 2.26. The number of ketones is 1. The molecule has 0 spiro atoms. The third-order valence-electron chi connectivity index (χ3n) is 2.71. The van der Waals surface area contributed by atoms with E-state index in [0.717, 1.165) is 12.8 Å². The highest BCUT2D eigenvalue weighted by atomic mass is 16.1. The van der Waals surface area contributed by atoms with E-state index in [-0.39, 0.29) is 11.5 Å². The number of Topliss-reactive ketones (excluding diaryl/α,β-unsaturated/α-hetero) is 1. The molecule has 1 fully saturated rings. The van der Waals surface area contributed by atoms with Crippen molar-refractivity contribution in [3.05, 3.63) is 0 Å². The fourth-order valence-electron chi connectivity index (χ4n) is 2.06. The van der Waals surface area contributed by atoms with Gasteiger partial charge >= 0.3 is 0 Å². The lowest BCUT2D eigenvalue weighted by Crippen LogP contribution is -2.51. The Hall–Kier alpha value is -0.370. The minimum absolute atomic E-state index is 0.146. The van der Waals surface area contributed by atoms with E-state index in [9.17, 15) is 4.79 Å². The van der Waals surface area contributed by atoms with Gasteiger partial charge in [0.25, 0.3) is 0 Å². The first-order valence-corrected chi connectivity index (χ1v) is 5.18. The lowest BCUT2D eigenvalue weighted by atomic mass is 9.80. The number of piperidine rings is 1. The van der Waals surface area contributed by atoms with Gasteiger partial charge in [0, 0.05) is 11.5 Å². The van der Waals surface area contributed by atoms with E-state index in [0.29, 0.717) is 18.2 Å². The number of nitrogens with one attached hydrogen (secondary N) is 1. The van der Waals surface area contributed by atoms with Crippen molar-refractivity contribution in [3.63, 3.8) is 0 Å². The fraction of sp³-hybridized carbons (Fsp3) is 0.909. The Balaban J connectivity index is 2.55. The van der Waals surface area contributed by atoms with Gasteiger partial charge in [-0.25, -0.2) is 0 Å². The van der Waals surface area contributed by atoms with Crippen LogP contribution >= 0.6 is 0 Å². The number of rotatable bonds is 2. The molecule has 1 N–H and O–H groups in total. The fourth-order valence-corrected chi connectivity index (χ4v) is 2.06. The van der Waals surface area contributed by atoms with E-state index >= 15 is 0 Å². The van der Waals surface area contributed by atoms with Crippen LogP contribution < -0.4 is 5.32 Å². The van der Waals surface area contributed by atoms with Crippen molar-refractivity contribution in [1.29, 1.82) is 0 Å². The summed E-state index contributed by atoms with van der Waals surface area (Å²) >= 11 is 0. The predicted molar refractivity (Wildman–Crippen MR) is 54.7 cm³/mol.